The number of nitriles is 2. The van der Waals surface area contributed by atoms with Gasteiger partial charge >= 0.3 is 0 Å². The zero-order chi connectivity index (χ0) is 15.5. The van der Waals surface area contributed by atoms with Crippen LogP contribution in [0.3, 0.4) is 0 Å². The molecular formula is C13H14N4O2S2. The van der Waals surface area contributed by atoms with Crippen LogP contribution in [0.25, 0.3) is 0 Å². The van der Waals surface area contributed by atoms with Gasteiger partial charge in [-0.3, -0.25) is 0 Å². The number of hydrogen-bond acceptors (Lipinski definition) is 6. The predicted molar refractivity (Wildman–Crippen MR) is 78.8 cm³/mol. The second kappa shape index (κ2) is 6.02. The van der Waals surface area contributed by atoms with Crippen molar-refractivity contribution >= 4 is 21.8 Å². The lowest BCUT2D eigenvalue weighted by Crippen LogP contribution is -2.44. The molecule has 21 heavy (non-hydrogen) atoms. The predicted octanol–water partition coefficient (Wildman–Crippen LogP) is 1.36. The summed E-state index contributed by atoms with van der Waals surface area (Å²) in [5, 5.41) is 18.2. The minimum Gasteiger partial charge on any atom is -0.244 e. The van der Waals surface area contributed by atoms with Gasteiger partial charge in [0.05, 0.1) is 6.07 Å². The molecule has 2 rings (SSSR count). The summed E-state index contributed by atoms with van der Waals surface area (Å²) in [4.78, 5) is 3.73. The van der Waals surface area contributed by atoms with E-state index in [0.717, 1.165) is 0 Å². The smallest absolute Gasteiger partial charge is 0.244 e. The Morgan fingerprint density at radius 3 is 2.57 bits per heavy atom. The zero-order valence-corrected chi connectivity index (χ0v) is 13.1. The van der Waals surface area contributed by atoms with Crippen molar-refractivity contribution in [3.63, 3.8) is 0 Å². The highest BCUT2D eigenvalue weighted by Gasteiger charge is 2.39. The standard InChI is InChI=1S/C13H14N4O2S2/c1-20-13(10-15)4-7-17(8-5-13)21(18,19)12-3-2-6-16-11(12)9-14/h2-3,6H,4-5,7-8H2,1H3. The monoisotopic (exact) mass is 322 g/mol. The molecule has 0 spiro atoms. The Labute approximate surface area is 128 Å². The van der Waals surface area contributed by atoms with E-state index in [1.165, 1.54) is 34.4 Å². The Balaban J connectivity index is 2.28. The molecule has 0 atom stereocenters. The van der Waals surface area contributed by atoms with Crippen molar-refractivity contribution in [1.29, 1.82) is 10.5 Å². The first-order chi connectivity index (χ1) is 9.99. The highest BCUT2D eigenvalue weighted by Crippen LogP contribution is 2.35. The third-order valence-corrected chi connectivity index (χ3v) is 6.83. The van der Waals surface area contributed by atoms with Crippen molar-refractivity contribution in [2.24, 2.45) is 0 Å². The van der Waals surface area contributed by atoms with Crippen molar-refractivity contribution in [3.05, 3.63) is 24.0 Å². The van der Waals surface area contributed by atoms with Gasteiger partial charge in [0, 0.05) is 19.3 Å². The van der Waals surface area contributed by atoms with Gasteiger partial charge in [0.25, 0.3) is 0 Å². The molecule has 1 aliphatic heterocycles. The van der Waals surface area contributed by atoms with E-state index in [9.17, 15) is 13.7 Å². The number of hydrogen-bond donors (Lipinski definition) is 0. The maximum atomic E-state index is 12.6. The maximum absolute atomic E-state index is 12.6. The van der Waals surface area contributed by atoms with Gasteiger partial charge < -0.3 is 0 Å². The van der Waals surface area contributed by atoms with Crippen LogP contribution in [0.1, 0.15) is 18.5 Å². The van der Waals surface area contributed by atoms with E-state index < -0.39 is 14.8 Å². The molecule has 0 aliphatic carbocycles. The van der Waals surface area contributed by atoms with E-state index in [2.05, 4.69) is 11.1 Å². The van der Waals surface area contributed by atoms with Gasteiger partial charge in [-0.25, -0.2) is 13.4 Å². The van der Waals surface area contributed by atoms with E-state index in [0.29, 0.717) is 12.8 Å². The highest BCUT2D eigenvalue weighted by atomic mass is 32.2. The summed E-state index contributed by atoms with van der Waals surface area (Å²) in [7, 11) is -3.74. The van der Waals surface area contributed by atoms with Crippen LogP contribution in [0.15, 0.2) is 23.2 Å². The number of nitrogens with zero attached hydrogens (tertiary/aromatic N) is 4. The van der Waals surface area contributed by atoms with E-state index in [1.54, 1.807) is 6.07 Å². The molecule has 2 heterocycles. The minimum absolute atomic E-state index is 0.0684. The Morgan fingerprint density at radius 1 is 1.38 bits per heavy atom. The van der Waals surface area contributed by atoms with Crippen LogP contribution in [0.5, 0.6) is 0 Å². The summed E-state index contributed by atoms with van der Waals surface area (Å²) >= 11 is 1.46. The number of thioether (sulfide) groups is 1. The molecule has 6 nitrogen and oxygen atoms in total. The second-order valence-corrected chi connectivity index (χ2v) is 7.77. The Hall–Kier alpha value is -1.61. The molecular weight excluding hydrogens is 308 g/mol. The number of pyridine rings is 1. The number of aromatic nitrogens is 1. The molecule has 0 bridgehead atoms. The summed E-state index contributed by atoms with van der Waals surface area (Å²) in [5.41, 5.74) is -0.0977. The van der Waals surface area contributed by atoms with Crippen molar-refractivity contribution in [2.75, 3.05) is 19.3 Å². The van der Waals surface area contributed by atoms with Crippen LogP contribution >= 0.6 is 11.8 Å². The fraction of sp³-hybridized carbons (Fsp3) is 0.462. The quantitative estimate of drug-likeness (QED) is 0.833. The summed E-state index contributed by atoms with van der Waals surface area (Å²) < 4.78 is 26.0. The zero-order valence-electron chi connectivity index (χ0n) is 11.5. The van der Waals surface area contributed by atoms with E-state index in [-0.39, 0.29) is 23.7 Å². The van der Waals surface area contributed by atoms with Crippen molar-refractivity contribution in [3.8, 4) is 12.1 Å². The largest absolute Gasteiger partial charge is 0.245 e. The fourth-order valence-electron chi connectivity index (χ4n) is 2.27. The molecule has 1 saturated heterocycles. The first-order valence-corrected chi connectivity index (χ1v) is 8.97. The summed E-state index contributed by atoms with van der Waals surface area (Å²) in [5.74, 6) is 0. The van der Waals surface area contributed by atoms with E-state index in [1.807, 2.05) is 6.26 Å². The molecule has 1 fully saturated rings. The van der Waals surface area contributed by atoms with Gasteiger partial charge in [0.1, 0.15) is 15.7 Å². The summed E-state index contributed by atoms with van der Waals surface area (Å²) in [6.07, 6.45) is 4.21. The van der Waals surface area contributed by atoms with Crippen LogP contribution in [0, 0.1) is 22.7 Å². The highest BCUT2D eigenvalue weighted by molar-refractivity contribution is 8.00. The average Bonchev–Trinajstić information content (AvgIpc) is 2.54. The molecule has 0 amide bonds. The van der Waals surface area contributed by atoms with Crippen molar-refractivity contribution in [1.82, 2.24) is 9.29 Å². The minimum atomic E-state index is -3.74. The number of piperidine rings is 1. The molecule has 0 N–H and O–H groups in total. The topological polar surface area (TPSA) is 97.8 Å². The van der Waals surface area contributed by atoms with E-state index in [4.69, 9.17) is 5.26 Å². The van der Waals surface area contributed by atoms with Gasteiger partial charge in [-0.2, -0.15) is 14.8 Å². The summed E-state index contributed by atoms with van der Waals surface area (Å²) in [6, 6.07) is 6.97. The number of rotatable bonds is 3. The first kappa shape index (κ1) is 15.8. The lowest BCUT2D eigenvalue weighted by atomic mass is 9.99. The summed E-state index contributed by atoms with van der Waals surface area (Å²) in [6.45, 7) is 0.549. The second-order valence-electron chi connectivity index (χ2n) is 4.68. The Bertz CT molecular complexity index is 710. The van der Waals surface area contributed by atoms with Gasteiger partial charge in [-0.05, 0) is 31.2 Å². The lowest BCUT2D eigenvalue weighted by Gasteiger charge is -2.35. The van der Waals surface area contributed by atoms with E-state index >= 15 is 0 Å². The van der Waals surface area contributed by atoms with Gasteiger partial charge in [-0.15, -0.1) is 11.8 Å². The van der Waals surface area contributed by atoms with Crippen LogP contribution in [0.2, 0.25) is 0 Å². The fourth-order valence-corrected chi connectivity index (χ4v) is 4.49. The molecule has 0 saturated carbocycles. The maximum Gasteiger partial charge on any atom is 0.245 e. The first-order valence-electron chi connectivity index (χ1n) is 6.31. The third kappa shape index (κ3) is 2.88. The lowest BCUT2D eigenvalue weighted by molar-refractivity contribution is 0.327. The van der Waals surface area contributed by atoms with Crippen LogP contribution in [-0.2, 0) is 10.0 Å². The SMILES string of the molecule is CSC1(C#N)CCN(S(=O)(=O)c2cccnc2C#N)CC1. The normalized spacial score (nSPS) is 18.6. The van der Waals surface area contributed by atoms with Gasteiger partial charge in [0.15, 0.2) is 5.69 Å². The van der Waals surface area contributed by atoms with Crippen molar-refractivity contribution < 1.29 is 8.42 Å². The molecule has 0 aromatic carbocycles. The van der Waals surface area contributed by atoms with Crippen LogP contribution in [-0.4, -0.2) is 41.8 Å². The molecule has 110 valence electrons. The molecule has 1 aromatic heterocycles. The average molecular weight is 322 g/mol. The molecule has 1 aliphatic rings. The third-order valence-electron chi connectivity index (χ3n) is 3.62. The Kier molecular flexibility index (Phi) is 4.52. The molecule has 8 heteroatoms. The molecule has 1 aromatic rings. The number of sulfonamides is 1. The van der Waals surface area contributed by atoms with Gasteiger partial charge in [0.2, 0.25) is 10.0 Å². The van der Waals surface area contributed by atoms with Crippen LogP contribution < -0.4 is 0 Å². The van der Waals surface area contributed by atoms with Crippen LogP contribution in [0.4, 0.5) is 0 Å². The van der Waals surface area contributed by atoms with Gasteiger partial charge in [-0.1, -0.05) is 0 Å². The molecule has 0 radical (unpaired) electrons. The Morgan fingerprint density at radius 2 is 2.05 bits per heavy atom. The van der Waals surface area contributed by atoms with Crippen molar-refractivity contribution in [2.45, 2.75) is 22.5 Å². The molecule has 0 unspecified atom stereocenters.